The quantitative estimate of drug-likeness (QED) is 0.835. The molecule has 7 heteroatoms. The molecule has 1 N–H and O–H groups in total. The van der Waals surface area contributed by atoms with Gasteiger partial charge in [0.15, 0.2) is 10.9 Å². The minimum atomic E-state index is -0.257. The molecule has 0 saturated heterocycles. The van der Waals surface area contributed by atoms with Gasteiger partial charge in [0, 0.05) is 24.7 Å². The summed E-state index contributed by atoms with van der Waals surface area (Å²) in [5.74, 6) is 0.474. The standard InChI is InChI=1S/C11H14N4O2S/c1-3-17-10(16)6-8-7-18-11(12-8)13-9-4-5-15(2)14-9/h4-5,7H,3,6H2,1-2H3,(H,12,13,14). The second-order valence-electron chi connectivity index (χ2n) is 3.63. The third kappa shape index (κ3) is 3.30. The van der Waals surface area contributed by atoms with Gasteiger partial charge >= 0.3 is 5.97 Å². The van der Waals surface area contributed by atoms with E-state index in [1.165, 1.54) is 11.3 Å². The van der Waals surface area contributed by atoms with Gasteiger partial charge in [-0.2, -0.15) is 5.10 Å². The Bertz CT molecular complexity index is 535. The maximum Gasteiger partial charge on any atom is 0.311 e. The number of aryl methyl sites for hydroxylation is 1. The van der Waals surface area contributed by atoms with Crippen LogP contribution in [0.25, 0.3) is 0 Å². The summed E-state index contributed by atoms with van der Waals surface area (Å²) in [6, 6.07) is 1.85. The van der Waals surface area contributed by atoms with Crippen molar-refractivity contribution in [3.8, 4) is 0 Å². The molecular weight excluding hydrogens is 252 g/mol. The van der Waals surface area contributed by atoms with E-state index < -0.39 is 0 Å². The molecule has 2 aromatic rings. The smallest absolute Gasteiger partial charge is 0.311 e. The van der Waals surface area contributed by atoms with Gasteiger partial charge in [-0.1, -0.05) is 0 Å². The van der Waals surface area contributed by atoms with E-state index in [0.717, 1.165) is 5.82 Å². The third-order valence-electron chi connectivity index (χ3n) is 2.13. The number of nitrogens with zero attached hydrogens (tertiary/aromatic N) is 3. The monoisotopic (exact) mass is 266 g/mol. The highest BCUT2D eigenvalue weighted by Crippen LogP contribution is 2.19. The first kappa shape index (κ1) is 12.6. The number of anilines is 2. The Hall–Kier alpha value is -1.89. The first-order chi connectivity index (χ1) is 8.67. The van der Waals surface area contributed by atoms with E-state index in [1.54, 1.807) is 11.6 Å². The number of ether oxygens (including phenoxy) is 1. The number of nitrogens with one attached hydrogen (secondary N) is 1. The number of thiazole rings is 1. The number of carbonyl (C=O) groups is 1. The molecule has 0 radical (unpaired) electrons. The summed E-state index contributed by atoms with van der Waals surface area (Å²) in [5.41, 5.74) is 0.705. The van der Waals surface area contributed by atoms with Crippen LogP contribution in [0.2, 0.25) is 0 Å². The van der Waals surface area contributed by atoms with E-state index in [9.17, 15) is 4.79 Å². The van der Waals surface area contributed by atoms with Crippen molar-refractivity contribution in [3.63, 3.8) is 0 Å². The molecule has 0 aliphatic heterocycles. The summed E-state index contributed by atoms with van der Waals surface area (Å²) < 4.78 is 6.57. The Labute approximate surface area is 109 Å². The molecule has 0 amide bonds. The van der Waals surface area contributed by atoms with E-state index in [2.05, 4.69) is 15.4 Å². The minimum absolute atomic E-state index is 0.203. The average Bonchev–Trinajstić information content (AvgIpc) is 2.89. The van der Waals surface area contributed by atoms with Crippen molar-refractivity contribution in [1.29, 1.82) is 0 Å². The van der Waals surface area contributed by atoms with Gasteiger partial charge in [0.1, 0.15) is 0 Å². The Morgan fingerprint density at radius 3 is 3.11 bits per heavy atom. The molecule has 2 aromatic heterocycles. The molecule has 6 nitrogen and oxygen atoms in total. The molecule has 18 heavy (non-hydrogen) atoms. The van der Waals surface area contributed by atoms with Crippen LogP contribution in [0.5, 0.6) is 0 Å². The molecule has 0 bridgehead atoms. The minimum Gasteiger partial charge on any atom is -0.466 e. The number of aromatic nitrogens is 3. The number of hydrogen-bond acceptors (Lipinski definition) is 6. The first-order valence-corrected chi connectivity index (χ1v) is 6.42. The van der Waals surface area contributed by atoms with E-state index in [0.29, 0.717) is 17.4 Å². The summed E-state index contributed by atoms with van der Waals surface area (Å²) in [7, 11) is 1.85. The number of hydrogen-bond donors (Lipinski definition) is 1. The van der Waals surface area contributed by atoms with Crippen molar-refractivity contribution in [1.82, 2.24) is 14.8 Å². The summed E-state index contributed by atoms with van der Waals surface area (Å²) in [6.45, 7) is 2.18. The molecule has 96 valence electrons. The third-order valence-corrected chi connectivity index (χ3v) is 2.94. The summed E-state index contributed by atoms with van der Waals surface area (Å²) in [4.78, 5) is 15.6. The van der Waals surface area contributed by atoms with E-state index in [1.807, 2.05) is 24.7 Å². The zero-order valence-corrected chi connectivity index (χ0v) is 11.0. The van der Waals surface area contributed by atoms with Crippen LogP contribution in [-0.2, 0) is 23.0 Å². The van der Waals surface area contributed by atoms with Gasteiger partial charge in [-0.25, -0.2) is 4.98 Å². The van der Waals surface area contributed by atoms with Crippen LogP contribution in [0.1, 0.15) is 12.6 Å². The van der Waals surface area contributed by atoms with Gasteiger partial charge in [0.05, 0.1) is 18.7 Å². The second kappa shape index (κ2) is 5.63. The van der Waals surface area contributed by atoms with Gasteiger partial charge in [-0.05, 0) is 6.92 Å². The number of carbonyl (C=O) groups excluding carboxylic acids is 1. The summed E-state index contributed by atoms with van der Waals surface area (Å²) in [6.07, 6.45) is 2.05. The normalized spacial score (nSPS) is 10.3. The molecule has 0 spiro atoms. The highest BCUT2D eigenvalue weighted by molar-refractivity contribution is 7.13. The van der Waals surface area contributed by atoms with Gasteiger partial charge < -0.3 is 10.1 Å². The lowest BCUT2D eigenvalue weighted by Gasteiger charge is -1.98. The van der Waals surface area contributed by atoms with Crippen molar-refractivity contribution < 1.29 is 9.53 Å². The fourth-order valence-corrected chi connectivity index (χ4v) is 2.11. The van der Waals surface area contributed by atoms with Gasteiger partial charge in [-0.3, -0.25) is 9.48 Å². The maximum absolute atomic E-state index is 11.3. The molecule has 2 heterocycles. The lowest BCUT2D eigenvalue weighted by atomic mass is 10.3. The van der Waals surface area contributed by atoms with Crippen molar-refractivity contribution in [2.75, 3.05) is 11.9 Å². The highest BCUT2D eigenvalue weighted by Gasteiger charge is 2.08. The predicted octanol–water partition coefficient (Wildman–Crippen LogP) is 1.73. The van der Waals surface area contributed by atoms with Crippen molar-refractivity contribution >= 4 is 28.3 Å². The molecule has 0 unspecified atom stereocenters. The van der Waals surface area contributed by atoms with Crippen LogP contribution in [0.15, 0.2) is 17.6 Å². The molecule has 0 saturated carbocycles. The van der Waals surface area contributed by atoms with Crippen LogP contribution < -0.4 is 5.32 Å². The Morgan fingerprint density at radius 2 is 2.44 bits per heavy atom. The zero-order valence-electron chi connectivity index (χ0n) is 10.2. The second-order valence-corrected chi connectivity index (χ2v) is 4.48. The summed E-state index contributed by atoms with van der Waals surface area (Å²) in [5, 5.41) is 9.81. The Morgan fingerprint density at radius 1 is 1.61 bits per heavy atom. The lowest BCUT2D eigenvalue weighted by Crippen LogP contribution is -2.07. The first-order valence-electron chi connectivity index (χ1n) is 5.54. The predicted molar refractivity (Wildman–Crippen MR) is 68.9 cm³/mol. The van der Waals surface area contributed by atoms with Crippen LogP contribution >= 0.6 is 11.3 Å². The number of rotatable bonds is 5. The highest BCUT2D eigenvalue weighted by atomic mass is 32.1. The van der Waals surface area contributed by atoms with Crippen LogP contribution in [-0.4, -0.2) is 27.3 Å². The fraction of sp³-hybridized carbons (Fsp3) is 0.364. The molecular formula is C11H14N4O2S. The van der Waals surface area contributed by atoms with Gasteiger partial charge in [-0.15, -0.1) is 11.3 Å². The van der Waals surface area contributed by atoms with Gasteiger partial charge in [0.25, 0.3) is 0 Å². The SMILES string of the molecule is CCOC(=O)Cc1csc(Nc2ccn(C)n2)n1. The molecule has 0 atom stereocenters. The van der Waals surface area contributed by atoms with Crippen LogP contribution in [0, 0.1) is 0 Å². The van der Waals surface area contributed by atoms with Crippen LogP contribution in [0.4, 0.5) is 10.9 Å². The van der Waals surface area contributed by atoms with Crippen molar-refractivity contribution in [2.24, 2.45) is 7.05 Å². The average molecular weight is 266 g/mol. The van der Waals surface area contributed by atoms with Gasteiger partial charge in [0.2, 0.25) is 0 Å². The van der Waals surface area contributed by atoms with Crippen molar-refractivity contribution in [3.05, 3.63) is 23.3 Å². The largest absolute Gasteiger partial charge is 0.466 e. The Balaban J connectivity index is 1.95. The molecule has 0 aromatic carbocycles. The number of esters is 1. The molecule has 0 aliphatic rings. The zero-order chi connectivity index (χ0) is 13.0. The fourth-order valence-electron chi connectivity index (χ4n) is 1.40. The van der Waals surface area contributed by atoms with E-state index >= 15 is 0 Å². The Kier molecular flexibility index (Phi) is 3.93. The van der Waals surface area contributed by atoms with E-state index in [-0.39, 0.29) is 12.4 Å². The summed E-state index contributed by atoms with van der Waals surface area (Å²) >= 11 is 1.43. The van der Waals surface area contributed by atoms with Crippen LogP contribution in [0.3, 0.4) is 0 Å². The van der Waals surface area contributed by atoms with Crippen molar-refractivity contribution in [2.45, 2.75) is 13.3 Å². The van der Waals surface area contributed by atoms with E-state index in [4.69, 9.17) is 4.74 Å². The topological polar surface area (TPSA) is 69.0 Å². The maximum atomic E-state index is 11.3. The molecule has 2 rings (SSSR count). The molecule has 0 fully saturated rings. The lowest BCUT2D eigenvalue weighted by molar-refractivity contribution is -0.142. The molecule has 0 aliphatic carbocycles.